The maximum atomic E-state index is 4.66. The predicted octanol–water partition coefficient (Wildman–Crippen LogP) is 3.28. The van der Waals surface area contributed by atoms with E-state index in [1.807, 2.05) is 6.20 Å². The quantitative estimate of drug-likeness (QED) is 0.863. The summed E-state index contributed by atoms with van der Waals surface area (Å²) in [6.07, 6.45) is 9.97. The molecule has 3 unspecified atom stereocenters. The monoisotopic (exact) mass is 244 g/mol. The van der Waals surface area contributed by atoms with Crippen LogP contribution in [0.5, 0.6) is 0 Å². The Labute approximate surface area is 110 Å². The Hall–Kier alpha value is -0.890. The highest BCUT2D eigenvalue weighted by atomic mass is 14.9. The van der Waals surface area contributed by atoms with Gasteiger partial charge in [-0.05, 0) is 69.5 Å². The van der Waals surface area contributed by atoms with E-state index in [1.165, 1.54) is 56.3 Å². The lowest BCUT2D eigenvalue weighted by molar-refractivity contribution is 0.284. The normalized spacial score (nSPS) is 31.9. The Morgan fingerprint density at radius 2 is 2.28 bits per heavy atom. The van der Waals surface area contributed by atoms with Crippen molar-refractivity contribution in [1.29, 1.82) is 0 Å². The van der Waals surface area contributed by atoms with Crippen LogP contribution in [0, 0.1) is 5.92 Å². The number of hydrogen-bond acceptors (Lipinski definition) is 2. The molecule has 1 aromatic rings. The summed E-state index contributed by atoms with van der Waals surface area (Å²) < 4.78 is 0. The second-order valence-electron chi connectivity index (χ2n) is 6.13. The molecule has 1 aliphatic heterocycles. The second kappa shape index (κ2) is 5.40. The standard InChI is InChI=1S/C16H24N2/c1-12-7-8-13(11-18-12)10-15-5-2-4-14-6-3-9-17-16(14)15/h3,6,9,12-13,15,18H,2,4-5,7-8,10-11H2,1H3. The molecule has 1 N–H and O–H groups in total. The predicted molar refractivity (Wildman–Crippen MR) is 74.7 cm³/mol. The molecule has 2 heteroatoms. The summed E-state index contributed by atoms with van der Waals surface area (Å²) in [6.45, 7) is 3.51. The molecule has 2 nitrogen and oxygen atoms in total. The number of rotatable bonds is 2. The van der Waals surface area contributed by atoms with Gasteiger partial charge in [0.05, 0.1) is 0 Å². The molecule has 98 valence electrons. The van der Waals surface area contributed by atoms with Crippen LogP contribution in [0.3, 0.4) is 0 Å². The molecule has 0 amide bonds. The molecule has 1 fully saturated rings. The molecule has 0 radical (unpaired) electrons. The first-order valence-electron chi connectivity index (χ1n) is 7.50. The lowest BCUT2D eigenvalue weighted by Crippen LogP contribution is -2.37. The van der Waals surface area contributed by atoms with E-state index in [9.17, 15) is 0 Å². The average molecular weight is 244 g/mol. The van der Waals surface area contributed by atoms with Crippen LogP contribution < -0.4 is 5.32 Å². The molecule has 1 aliphatic carbocycles. The maximum absolute atomic E-state index is 4.66. The van der Waals surface area contributed by atoms with Gasteiger partial charge in [0, 0.05) is 23.9 Å². The highest BCUT2D eigenvalue weighted by molar-refractivity contribution is 5.26. The molecule has 3 atom stereocenters. The smallest absolute Gasteiger partial charge is 0.0466 e. The van der Waals surface area contributed by atoms with E-state index >= 15 is 0 Å². The van der Waals surface area contributed by atoms with Crippen molar-refractivity contribution in [2.45, 2.75) is 57.4 Å². The lowest BCUT2D eigenvalue weighted by atomic mass is 9.79. The van der Waals surface area contributed by atoms with Crippen molar-refractivity contribution in [3.05, 3.63) is 29.6 Å². The van der Waals surface area contributed by atoms with Gasteiger partial charge in [0.2, 0.25) is 0 Å². The third-order valence-corrected chi connectivity index (χ3v) is 4.69. The zero-order chi connectivity index (χ0) is 12.4. The first-order valence-corrected chi connectivity index (χ1v) is 7.50. The second-order valence-corrected chi connectivity index (χ2v) is 6.13. The van der Waals surface area contributed by atoms with Gasteiger partial charge in [-0.2, -0.15) is 0 Å². The van der Waals surface area contributed by atoms with Gasteiger partial charge in [-0.3, -0.25) is 4.98 Å². The molecule has 0 saturated carbocycles. The number of nitrogens with one attached hydrogen (secondary N) is 1. The van der Waals surface area contributed by atoms with Crippen molar-refractivity contribution < 1.29 is 0 Å². The highest BCUT2D eigenvalue weighted by Gasteiger charge is 2.26. The van der Waals surface area contributed by atoms with Gasteiger partial charge < -0.3 is 5.32 Å². The zero-order valence-corrected chi connectivity index (χ0v) is 11.4. The first kappa shape index (κ1) is 12.2. The summed E-state index contributed by atoms with van der Waals surface area (Å²) in [7, 11) is 0. The van der Waals surface area contributed by atoms with Crippen LogP contribution in [0.15, 0.2) is 18.3 Å². The summed E-state index contributed by atoms with van der Waals surface area (Å²) in [5.41, 5.74) is 2.91. The minimum Gasteiger partial charge on any atom is -0.314 e. The fraction of sp³-hybridized carbons (Fsp3) is 0.688. The summed E-state index contributed by atoms with van der Waals surface area (Å²) in [5.74, 6) is 1.58. The molecule has 18 heavy (non-hydrogen) atoms. The number of aromatic nitrogens is 1. The van der Waals surface area contributed by atoms with E-state index in [1.54, 1.807) is 0 Å². The first-order chi connectivity index (χ1) is 8.83. The van der Waals surface area contributed by atoms with E-state index in [-0.39, 0.29) is 0 Å². The van der Waals surface area contributed by atoms with Gasteiger partial charge in [0.1, 0.15) is 0 Å². The van der Waals surface area contributed by atoms with Gasteiger partial charge in [-0.25, -0.2) is 0 Å². The van der Waals surface area contributed by atoms with Crippen LogP contribution in [0.1, 0.15) is 56.2 Å². The minimum atomic E-state index is 0.718. The molecule has 0 bridgehead atoms. The third kappa shape index (κ3) is 2.59. The summed E-state index contributed by atoms with van der Waals surface area (Å²) in [4.78, 5) is 4.66. The van der Waals surface area contributed by atoms with E-state index < -0.39 is 0 Å². The summed E-state index contributed by atoms with van der Waals surface area (Å²) >= 11 is 0. The van der Waals surface area contributed by atoms with Crippen molar-refractivity contribution in [2.75, 3.05) is 6.54 Å². The van der Waals surface area contributed by atoms with Gasteiger partial charge in [-0.15, -0.1) is 0 Å². The van der Waals surface area contributed by atoms with Gasteiger partial charge in [0.25, 0.3) is 0 Å². The Morgan fingerprint density at radius 1 is 1.33 bits per heavy atom. The molecule has 1 saturated heterocycles. The van der Waals surface area contributed by atoms with Crippen LogP contribution >= 0.6 is 0 Å². The molecule has 0 aromatic carbocycles. The van der Waals surface area contributed by atoms with Crippen LogP contribution in [0.25, 0.3) is 0 Å². The van der Waals surface area contributed by atoms with E-state index in [0.717, 1.165) is 17.9 Å². The SMILES string of the molecule is CC1CCC(CC2CCCc3cccnc32)CN1. The number of fused-ring (bicyclic) bond motifs is 1. The van der Waals surface area contributed by atoms with E-state index in [2.05, 4.69) is 29.4 Å². The number of nitrogens with zero attached hydrogens (tertiary/aromatic N) is 1. The molecule has 1 aromatic heterocycles. The number of hydrogen-bond donors (Lipinski definition) is 1. The van der Waals surface area contributed by atoms with Gasteiger partial charge in [0.15, 0.2) is 0 Å². The zero-order valence-electron chi connectivity index (χ0n) is 11.4. The van der Waals surface area contributed by atoms with Gasteiger partial charge in [-0.1, -0.05) is 6.07 Å². The molecule has 3 rings (SSSR count). The van der Waals surface area contributed by atoms with Crippen molar-refractivity contribution in [1.82, 2.24) is 10.3 Å². The fourth-order valence-corrected chi connectivity index (χ4v) is 3.60. The molecular formula is C16H24N2. The molecule has 2 aliphatic rings. The number of aryl methyl sites for hydroxylation is 1. The molecule has 2 heterocycles. The number of piperidine rings is 1. The third-order valence-electron chi connectivity index (χ3n) is 4.69. The Bertz CT molecular complexity index is 394. The Kier molecular flexibility index (Phi) is 3.64. The van der Waals surface area contributed by atoms with Crippen LogP contribution in [-0.2, 0) is 6.42 Å². The molecule has 0 spiro atoms. The molecular weight excluding hydrogens is 220 g/mol. The van der Waals surface area contributed by atoms with E-state index in [4.69, 9.17) is 0 Å². The number of pyridine rings is 1. The maximum Gasteiger partial charge on any atom is 0.0466 e. The average Bonchev–Trinajstić information content (AvgIpc) is 2.42. The van der Waals surface area contributed by atoms with E-state index in [0.29, 0.717) is 0 Å². The Morgan fingerprint density at radius 3 is 3.11 bits per heavy atom. The van der Waals surface area contributed by atoms with Crippen LogP contribution in [0.2, 0.25) is 0 Å². The largest absolute Gasteiger partial charge is 0.314 e. The fourth-order valence-electron chi connectivity index (χ4n) is 3.60. The Balaban J connectivity index is 1.67. The van der Waals surface area contributed by atoms with Crippen molar-refractivity contribution in [3.8, 4) is 0 Å². The van der Waals surface area contributed by atoms with Gasteiger partial charge >= 0.3 is 0 Å². The lowest BCUT2D eigenvalue weighted by Gasteiger charge is -2.32. The summed E-state index contributed by atoms with van der Waals surface area (Å²) in [6, 6.07) is 5.08. The summed E-state index contributed by atoms with van der Waals surface area (Å²) in [5, 5.41) is 3.63. The highest BCUT2D eigenvalue weighted by Crippen LogP contribution is 2.36. The van der Waals surface area contributed by atoms with Crippen molar-refractivity contribution >= 4 is 0 Å². The van der Waals surface area contributed by atoms with Crippen LogP contribution in [-0.4, -0.2) is 17.6 Å². The van der Waals surface area contributed by atoms with Crippen LogP contribution in [0.4, 0.5) is 0 Å². The topological polar surface area (TPSA) is 24.9 Å². The van der Waals surface area contributed by atoms with Crippen molar-refractivity contribution in [2.24, 2.45) is 5.92 Å². The van der Waals surface area contributed by atoms with Crippen molar-refractivity contribution in [3.63, 3.8) is 0 Å². The minimum absolute atomic E-state index is 0.718.